The standard InChI is InChI=1S/C15H20O7/c1-8-12(17)13(18)14(19)15(21-8)22-10-5-3-9(4-6-10)7-11(16)20-2/h3-6,8,12-15,17-19H,7H2,1-2H3/t8-,12-,13+,14-,15-/m1/s1. The molecule has 7 nitrogen and oxygen atoms in total. The van der Waals surface area contributed by atoms with Gasteiger partial charge in [0.05, 0.1) is 19.6 Å². The Balaban J connectivity index is 2.00. The van der Waals surface area contributed by atoms with E-state index in [4.69, 9.17) is 9.47 Å². The van der Waals surface area contributed by atoms with Gasteiger partial charge in [0.1, 0.15) is 24.1 Å². The van der Waals surface area contributed by atoms with Gasteiger partial charge < -0.3 is 29.5 Å². The molecule has 1 aromatic carbocycles. The van der Waals surface area contributed by atoms with Gasteiger partial charge in [0, 0.05) is 0 Å². The van der Waals surface area contributed by atoms with E-state index >= 15 is 0 Å². The lowest BCUT2D eigenvalue weighted by molar-refractivity contribution is -0.268. The molecule has 1 aliphatic rings. The Kier molecular flexibility index (Phi) is 5.36. The number of aliphatic hydroxyl groups is 3. The molecular weight excluding hydrogens is 292 g/mol. The van der Waals surface area contributed by atoms with Crippen LogP contribution in [-0.2, 0) is 20.7 Å². The van der Waals surface area contributed by atoms with Crippen molar-refractivity contribution in [3.63, 3.8) is 0 Å². The Morgan fingerprint density at radius 2 is 1.77 bits per heavy atom. The molecule has 5 atom stereocenters. The third-order valence-electron chi connectivity index (χ3n) is 3.56. The first-order valence-electron chi connectivity index (χ1n) is 6.94. The third kappa shape index (κ3) is 3.75. The van der Waals surface area contributed by atoms with Gasteiger partial charge in [-0.3, -0.25) is 4.79 Å². The summed E-state index contributed by atoms with van der Waals surface area (Å²) in [5, 5.41) is 29.2. The predicted octanol–water partition coefficient (Wildman–Crippen LogP) is -0.392. The average Bonchev–Trinajstić information content (AvgIpc) is 2.52. The molecule has 0 radical (unpaired) electrons. The van der Waals surface area contributed by atoms with E-state index in [2.05, 4.69) is 4.74 Å². The summed E-state index contributed by atoms with van der Waals surface area (Å²) in [6, 6.07) is 6.62. The van der Waals surface area contributed by atoms with Crippen LogP contribution in [0.15, 0.2) is 24.3 Å². The Labute approximate surface area is 128 Å². The number of benzene rings is 1. The SMILES string of the molecule is COC(=O)Cc1ccc(O[C@H]2O[C@H](C)[C@@H](O)[C@H](O)[C@H]2O)cc1. The lowest BCUT2D eigenvalue weighted by atomic mass is 10.00. The number of carbonyl (C=O) groups is 1. The van der Waals surface area contributed by atoms with Gasteiger partial charge in [0.2, 0.25) is 6.29 Å². The second-order valence-electron chi connectivity index (χ2n) is 5.20. The zero-order valence-electron chi connectivity index (χ0n) is 12.4. The van der Waals surface area contributed by atoms with Crippen LogP contribution in [0.5, 0.6) is 5.75 Å². The van der Waals surface area contributed by atoms with Crippen LogP contribution in [0.2, 0.25) is 0 Å². The van der Waals surface area contributed by atoms with E-state index in [0.717, 1.165) is 5.56 Å². The van der Waals surface area contributed by atoms with Gasteiger partial charge in [-0.25, -0.2) is 0 Å². The van der Waals surface area contributed by atoms with Crippen LogP contribution in [0.25, 0.3) is 0 Å². The lowest BCUT2D eigenvalue weighted by Gasteiger charge is -2.38. The minimum atomic E-state index is -1.36. The largest absolute Gasteiger partial charge is 0.469 e. The quantitative estimate of drug-likeness (QED) is 0.650. The molecule has 1 fully saturated rings. The van der Waals surface area contributed by atoms with E-state index in [-0.39, 0.29) is 12.4 Å². The second kappa shape index (κ2) is 7.06. The summed E-state index contributed by atoms with van der Waals surface area (Å²) < 4.78 is 15.4. The van der Waals surface area contributed by atoms with Crippen LogP contribution in [-0.4, -0.2) is 59.1 Å². The first kappa shape index (κ1) is 16.7. The average molecular weight is 312 g/mol. The maximum Gasteiger partial charge on any atom is 0.309 e. The highest BCUT2D eigenvalue weighted by Crippen LogP contribution is 2.24. The van der Waals surface area contributed by atoms with Gasteiger partial charge in [0.15, 0.2) is 0 Å². The highest BCUT2D eigenvalue weighted by atomic mass is 16.7. The molecule has 1 heterocycles. The van der Waals surface area contributed by atoms with Crippen molar-refractivity contribution >= 4 is 5.97 Å². The first-order chi connectivity index (χ1) is 10.4. The molecule has 0 spiro atoms. The summed E-state index contributed by atoms with van der Waals surface area (Å²) in [4.78, 5) is 11.2. The number of esters is 1. The van der Waals surface area contributed by atoms with E-state index < -0.39 is 30.7 Å². The maximum atomic E-state index is 11.2. The number of carbonyl (C=O) groups excluding carboxylic acids is 1. The van der Waals surface area contributed by atoms with E-state index in [9.17, 15) is 20.1 Å². The number of ether oxygens (including phenoxy) is 3. The van der Waals surface area contributed by atoms with Crippen LogP contribution >= 0.6 is 0 Å². The molecule has 22 heavy (non-hydrogen) atoms. The number of aliphatic hydroxyl groups excluding tert-OH is 3. The fourth-order valence-corrected chi connectivity index (χ4v) is 2.17. The molecule has 0 amide bonds. The number of methoxy groups -OCH3 is 1. The Bertz CT molecular complexity index is 501. The van der Waals surface area contributed by atoms with Gasteiger partial charge in [-0.1, -0.05) is 12.1 Å². The third-order valence-corrected chi connectivity index (χ3v) is 3.56. The molecule has 0 saturated carbocycles. The molecule has 122 valence electrons. The smallest absolute Gasteiger partial charge is 0.309 e. The molecule has 7 heteroatoms. The summed E-state index contributed by atoms with van der Waals surface area (Å²) in [6.07, 6.45) is -5.46. The van der Waals surface area contributed by atoms with Gasteiger partial charge >= 0.3 is 5.97 Å². The van der Waals surface area contributed by atoms with Crippen LogP contribution in [0.4, 0.5) is 0 Å². The van der Waals surface area contributed by atoms with Crippen LogP contribution < -0.4 is 4.74 Å². The number of rotatable bonds is 4. The Morgan fingerprint density at radius 3 is 2.36 bits per heavy atom. The number of hydrogen-bond donors (Lipinski definition) is 3. The van der Waals surface area contributed by atoms with Crippen LogP contribution in [0.3, 0.4) is 0 Å². The summed E-state index contributed by atoms with van der Waals surface area (Å²) in [5.41, 5.74) is 0.758. The van der Waals surface area contributed by atoms with E-state index in [0.29, 0.717) is 5.75 Å². The fraction of sp³-hybridized carbons (Fsp3) is 0.533. The molecule has 0 unspecified atom stereocenters. The van der Waals surface area contributed by atoms with Crippen molar-refractivity contribution in [2.24, 2.45) is 0 Å². The summed E-state index contributed by atoms with van der Waals surface area (Å²) in [7, 11) is 1.32. The Hall–Kier alpha value is -1.67. The zero-order valence-corrected chi connectivity index (χ0v) is 12.4. The molecule has 1 aromatic rings. The fourth-order valence-electron chi connectivity index (χ4n) is 2.17. The van der Waals surface area contributed by atoms with E-state index in [1.807, 2.05) is 0 Å². The summed E-state index contributed by atoms with van der Waals surface area (Å²) in [5.74, 6) is 0.0686. The minimum Gasteiger partial charge on any atom is -0.469 e. The maximum absolute atomic E-state index is 11.2. The highest BCUT2D eigenvalue weighted by Gasteiger charge is 2.43. The predicted molar refractivity (Wildman–Crippen MR) is 75.1 cm³/mol. The molecule has 0 aliphatic carbocycles. The monoisotopic (exact) mass is 312 g/mol. The normalized spacial score (nSPS) is 31.6. The van der Waals surface area contributed by atoms with Crippen molar-refractivity contribution in [3.8, 4) is 5.75 Å². The molecule has 1 aliphatic heterocycles. The molecule has 0 bridgehead atoms. The second-order valence-corrected chi connectivity index (χ2v) is 5.20. The zero-order chi connectivity index (χ0) is 16.3. The van der Waals surface area contributed by atoms with Gasteiger partial charge in [0.25, 0.3) is 0 Å². The Morgan fingerprint density at radius 1 is 1.14 bits per heavy atom. The molecular formula is C15H20O7. The molecule has 1 saturated heterocycles. The minimum absolute atomic E-state index is 0.154. The van der Waals surface area contributed by atoms with Crippen molar-refractivity contribution in [2.75, 3.05) is 7.11 Å². The van der Waals surface area contributed by atoms with E-state index in [1.165, 1.54) is 7.11 Å². The molecule has 3 N–H and O–H groups in total. The van der Waals surface area contributed by atoms with Crippen molar-refractivity contribution in [3.05, 3.63) is 29.8 Å². The van der Waals surface area contributed by atoms with Gasteiger partial charge in [-0.05, 0) is 24.6 Å². The van der Waals surface area contributed by atoms with Crippen LogP contribution in [0.1, 0.15) is 12.5 Å². The van der Waals surface area contributed by atoms with Crippen molar-refractivity contribution in [1.82, 2.24) is 0 Å². The molecule has 0 aromatic heterocycles. The number of hydrogen-bond acceptors (Lipinski definition) is 7. The van der Waals surface area contributed by atoms with E-state index in [1.54, 1.807) is 31.2 Å². The summed E-state index contributed by atoms with van der Waals surface area (Å²) >= 11 is 0. The summed E-state index contributed by atoms with van der Waals surface area (Å²) in [6.45, 7) is 1.58. The van der Waals surface area contributed by atoms with Gasteiger partial charge in [-0.2, -0.15) is 0 Å². The lowest BCUT2D eigenvalue weighted by Crippen LogP contribution is -2.58. The first-order valence-corrected chi connectivity index (χ1v) is 6.94. The van der Waals surface area contributed by atoms with Crippen molar-refractivity contribution in [1.29, 1.82) is 0 Å². The van der Waals surface area contributed by atoms with Crippen molar-refractivity contribution < 1.29 is 34.3 Å². The van der Waals surface area contributed by atoms with Gasteiger partial charge in [-0.15, -0.1) is 0 Å². The topological polar surface area (TPSA) is 105 Å². The highest BCUT2D eigenvalue weighted by molar-refractivity contribution is 5.72. The van der Waals surface area contributed by atoms with Crippen molar-refractivity contribution in [2.45, 2.75) is 44.1 Å². The van der Waals surface area contributed by atoms with Crippen LogP contribution in [0, 0.1) is 0 Å². The molecule has 2 rings (SSSR count).